The van der Waals surface area contributed by atoms with Crippen LogP contribution in [0.25, 0.3) is 0 Å². The van der Waals surface area contributed by atoms with Gasteiger partial charge in [-0.15, -0.1) is 5.10 Å². The van der Waals surface area contributed by atoms with E-state index >= 15 is 0 Å². The van der Waals surface area contributed by atoms with Gasteiger partial charge in [0.2, 0.25) is 11.3 Å². The van der Waals surface area contributed by atoms with E-state index in [0.29, 0.717) is 16.3 Å². The highest BCUT2D eigenvalue weighted by Gasteiger charge is 2.57. The zero-order chi connectivity index (χ0) is 24.4. The summed E-state index contributed by atoms with van der Waals surface area (Å²) in [7, 11) is -0.0726. The number of hydrogen-bond donors (Lipinski definition) is 2. The standard InChI is InChI=1S/C19H18N6O7S2/c1-24-19(21-22-23-24)33-7-11-8-34(31)17-12(16(28)25(17)13(11)18(29)30)20-15(27)14(32-9-26)10-5-3-2-4-6-10/h2-6,9,12,14,17H,7-8H2,1H3,(H,20,27)(H,29,30)/t12?,14?,17-,34?/m1/s1. The number of carboxylic acid groups (broad SMARTS) is 1. The molecule has 3 heterocycles. The van der Waals surface area contributed by atoms with Crippen LogP contribution in [0.1, 0.15) is 11.7 Å². The average Bonchev–Trinajstić information content (AvgIpc) is 3.23. The van der Waals surface area contributed by atoms with Crippen LogP contribution in [0.3, 0.4) is 0 Å². The number of β-lactam (4-membered cyclic amide) rings is 1. The predicted octanol–water partition coefficient (Wildman–Crippen LogP) is -1.03. The summed E-state index contributed by atoms with van der Waals surface area (Å²) in [6, 6.07) is 6.94. The fourth-order valence-corrected chi connectivity index (χ4v) is 6.34. The Labute approximate surface area is 199 Å². The minimum absolute atomic E-state index is 0.103. The molecule has 1 fully saturated rings. The number of nitrogens with zero attached hydrogens (tertiary/aromatic N) is 5. The van der Waals surface area contributed by atoms with E-state index in [1.54, 1.807) is 37.4 Å². The smallest absolute Gasteiger partial charge is 0.352 e. The van der Waals surface area contributed by atoms with Gasteiger partial charge >= 0.3 is 5.97 Å². The first-order valence-corrected chi connectivity index (χ1v) is 12.2. The molecule has 178 valence electrons. The molecule has 0 aliphatic carbocycles. The summed E-state index contributed by atoms with van der Waals surface area (Å²) < 4.78 is 19.3. The molecule has 2 aromatic rings. The number of carbonyl (C=O) groups excluding carboxylic acids is 3. The van der Waals surface area contributed by atoms with E-state index in [1.807, 2.05) is 0 Å². The highest BCUT2D eigenvalue weighted by molar-refractivity contribution is 7.99. The van der Waals surface area contributed by atoms with Crippen molar-refractivity contribution >= 4 is 46.8 Å². The molecule has 0 bridgehead atoms. The Balaban J connectivity index is 1.53. The highest BCUT2D eigenvalue weighted by atomic mass is 32.2. The van der Waals surface area contributed by atoms with Crippen LogP contribution in [0.4, 0.5) is 0 Å². The van der Waals surface area contributed by atoms with Crippen LogP contribution >= 0.6 is 11.8 Å². The Hall–Kier alpha value is -3.59. The van der Waals surface area contributed by atoms with Gasteiger partial charge in [0.1, 0.15) is 17.1 Å². The van der Waals surface area contributed by atoms with Gasteiger partial charge in [0, 0.05) is 18.4 Å². The van der Waals surface area contributed by atoms with Crippen molar-refractivity contribution < 1.29 is 33.2 Å². The fourth-order valence-electron chi connectivity index (χ4n) is 3.66. The van der Waals surface area contributed by atoms with Crippen LogP contribution in [0, 0.1) is 0 Å². The lowest BCUT2D eigenvalue weighted by Gasteiger charge is -2.49. The number of fused-ring (bicyclic) bond motifs is 1. The van der Waals surface area contributed by atoms with Gasteiger partial charge in [-0.3, -0.25) is 23.5 Å². The van der Waals surface area contributed by atoms with E-state index in [4.69, 9.17) is 4.74 Å². The number of nitrogens with one attached hydrogen (secondary N) is 1. The number of hydrogen-bond acceptors (Lipinski definition) is 10. The summed E-state index contributed by atoms with van der Waals surface area (Å²) in [5.41, 5.74) is 0.398. The second kappa shape index (κ2) is 9.72. The molecule has 2 aliphatic rings. The lowest BCUT2D eigenvalue weighted by atomic mass is 10.0. The molecular weight excluding hydrogens is 488 g/mol. The van der Waals surface area contributed by atoms with E-state index in [2.05, 4.69) is 20.8 Å². The number of carbonyl (C=O) groups is 4. The Morgan fingerprint density at radius 3 is 2.74 bits per heavy atom. The van der Waals surface area contributed by atoms with Crippen LogP contribution in [0.15, 0.2) is 46.8 Å². The van der Waals surface area contributed by atoms with Crippen LogP contribution in [-0.2, 0) is 41.8 Å². The molecule has 3 unspecified atom stereocenters. The van der Waals surface area contributed by atoms with E-state index in [0.717, 1.165) is 16.7 Å². The average molecular weight is 507 g/mol. The molecule has 15 heteroatoms. The molecule has 1 aromatic carbocycles. The lowest BCUT2D eigenvalue weighted by Crippen LogP contribution is -2.74. The number of aryl methyl sites for hydroxylation is 1. The molecule has 1 saturated heterocycles. The third-order valence-electron chi connectivity index (χ3n) is 5.19. The van der Waals surface area contributed by atoms with E-state index < -0.39 is 46.1 Å². The first-order chi connectivity index (χ1) is 16.3. The Bertz CT molecular complexity index is 1200. The van der Waals surface area contributed by atoms with Crippen LogP contribution in [0.2, 0.25) is 0 Å². The van der Waals surface area contributed by atoms with Gasteiger partial charge in [-0.05, 0) is 16.0 Å². The topological polar surface area (TPSA) is 174 Å². The number of tetrazole rings is 1. The summed E-state index contributed by atoms with van der Waals surface area (Å²) in [4.78, 5) is 49.5. The van der Waals surface area contributed by atoms with Gasteiger partial charge in [0.05, 0.1) is 16.6 Å². The summed E-state index contributed by atoms with van der Waals surface area (Å²) in [5.74, 6) is -2.85. The first kappa shape index (κ1) is 23.6. The summed E-state index contributed by atoms with van der Waals surface area (Å²) in [6.45, 7) is 0.118. The second-order valence-corrected chi connectivity index (χ2v) is 9.74. The highest BCUT2D eigenvalue weighted by Crippen LogP contribution is 2.36. The molecule has 34 heavy (non-hydrogen) atoms. The van der Waals surface area contributed by atoms with Gasteiger partial charge in [-0.25, -0.2) is 9.48 Å². The van der Waals surface area contributed by atoms with Crippen molar-refractivity contribution in [1.82, 2.24) is 30.4 Å². The minimum Gasteiger partial charge on any atom is -0.477 e. The van der Waals surface area contributed by atoms with Gasteiger partial charge in [0.25, 0.3) is 18.3 Å². The number of amides is 2. The van der Waals surface area contributed by atoms with E-state index in [9.17, 15) is 28.5 Å². The molecule has 2 aliphatic heterocycles. The van der Waals surface area contributed by atoms with Crippen molar-refractivity contribution in [1.29, 1.82) is 0 Å². The van der Waals surface area contributed by atoms with Crippen molar-refractivity contribution in [2.75, 3.05) is 11.5 Å². The third-order valence-corrected chi connectivity index (χ3v) is 7.95. The maximum atomic E-state index is 13.0. The van der Waals surface area contributed by atoms with Crippen molar-refractivity contribution in [2.45, 2.75) is 22.7 Å². The summed E-state index contributed by atoms with van der Waals surface area (Å²) in [5, 5.41) is 22.6. The molecule has 4 atom stereocenters. The fraction of sp³-hybridized carbons (Fsp3) is 0.316. The van der Waals surface area contributed by atoms with Gasteiger partial charge < -0.3 is 15.2 Å². The molecule has 13 nitrogen and oxygen atoms in total. The Kier molecular flexibility index (Phi) is 6.74. The van der Waals surface area contributed by atoms with Crippen LogP contribution < -0.4 is 5.32 Å². The maximum Gasteiger partial charge on any atom is 0.352 e. The van der Waals surface area contributed by atoms with Gasteiger partial charge in [0.15, 0.2) is 0 Å². The molecular formula is C19H18N6O7S2. The maximum absolute atomic E-state index is 13.0. The number of carboxylic acids is 1. The molecule has 1 aromatic heterocycles. The largest absolute Gasteiger partial charge is 0.477 e. The molecule has 4 rings (SSSR count). The Morgan fingerprint density at radius 2 is 2.12 bits per heavy atom. The van der Waals surface area contributed by atoms with Crippen molar-refractivity contribution in [3.63, 3.8) is 0 Å². The van der Waals surface area contributed by atoms with E-state index in [1.165, 1.54) is 4.68 Å². The van der Waals surface area contributed by atoms with Crippen molar-refractivity contribution in [2.24, 2.45) is 7.05 Å². The van der Waals surface area contributed by atoms with Crippen molar-refractivity contribution in [3.8, 4) is 0 Å². The van der Waals surface area contributed by atoms with Crippen LogP contribution in [-0.4, -0.2) is 81.6 Å². The number of aromatic nitrogens is 4. The van der Waals surface area contributed by atoms with Gasteiger partial charge in [-0.1, -0.05) is 42.1 Å². The predicted molar refractivity (Wildman–Crippen MR) is 116 cm³/mol. The Morgan fingerprint density at radius 1 is 1.38 bits per heavy atom. The zero-order valence-corrected chi connectivity index (χ0v) is 19.2. The number of aliphatic carboxylic acids is 1. The normalized spacial score (nSPS) is 22.4. The second-order valence-electron chi connectivity index (χ2n) is 7.26. The molecule has 0 saturated carbocycles. The summed E-state index contributed by atoms with van der Waals surface area (Å²) >= 11 is 1.14. The van der Waals surface area contributed by atoms with Crippen LogP contribution in [0.5, 0.6) is 0 Å². The molecule has 2 N–H and O–H groups in total. The minimum atomic E-state index is -1.69. The number of rotatable bonds is 9. The van der Waals surface area contributed by atoms with E-state index in [-0.39, 0.29) is 23.7 Å². The number of ether oxygens (including phenoxy) is 1. The molecule has 2 amide bonds. The monoisotopic (exact) mass is 506 g/mol. The molecule has 0 spiro atoms. The zero-order valence-electron chi connectivity index (χ0n) is 17.6. The van der Waals surface area contributed by atoms with Gasteiger partial charge in [-0.2, -0.15) is 0 Å². The lowest BCUT2D eigenvalue weighted by molar-refractivity contribution is -0.154. The third kappa shape index (κ3) is 4.31. The SMILES string of the molecule is Cn1nnnc1SCC1=C(C(=O)O)N2C(=O)C(NC(=O)C(OC=O)c3ccccc3)[C@H]2S(=O)C1. The summed E-state index contributed by atoms with van der Waals surface area (Å²) in [6.07, 6.45) is -1.32. The molecule has 0 radical (unpaired) electrons. The quantitative estimate of drug-likeness (QED) is 0.242. The number of benzene rings is 1. The van der Waals surface area contributed by atoms with Crippen molar-refractivity contribution in [3.05, 3.63) is 47.2 Å². The first-order valence-electron chi connectivity index (χ1n) is 9.78. The number of thioether (sulfide) groups is 1.